The van der Waals surface area contributed by atoms with Crippen molar-refractivity contribution in [2.45, 2.75) is 32.6 Å². The van der Waals surface area contributed by atoms with Crippen LogP contribution in [-0.2, 0) is 17.6 Å². The SMILES string of the molecule is COc1ccc(CCC(=O)N2CCN(CCCc3nc(-c4ccc(C)c(F)c4)no3)CC2)cc1. The van der Waals surface area contributed by atoms with Gasteiger partial charge in [0.25, 0.3) is 0 Å². The van der Waals surface area contributed by atoms with Crippen LogP contribution in [0, 0.1) is 12.7 Å². The highest BCUT2D eigenvalue weighted by atomic mass is 19.1. The van der Waals surface area contributed by atoms with Crippen LogP contribution in [0.5, 0.6) is 5.75 Å². The number of ether oxygens (including phenoxy) is 1. The molecule has 2 aromatic carbocycles. The highest BCUT2D eigenvalue weighted by Gasteiger charge is 2.21. The zero-order valence-electron chi connectivity index (χ0n) is 19.8. The summed E-state index contributed by atoms with van der Waals surface area (Å²) >= 11 is 0. The number of carbonyl (C=O) groups excluding carboxylic acids is 1. The van der Waals surface area contributed by atoms with Crippen LogP contribution < -0.4 is 4.74 Å². The van der Waals surface area contributed by atoms with E-state index in [1.165, 1.54) is 6.07 Å². The summed E-state index contributed by atoms with van der Waals surface area (Å²) in [5, 5.41) is 3.98. The van der Waals surface area contributed by atoms with Crippen LogP contribution >= 0.6 is 0 Å². The fourth-order valence-electron chi connectivity index (χ4n) is 4.08. The summed E-state index contributed by atoms with van der Waals surface area (Å²) in [6.45, 7) is 5.87. The molecule has 2 heterocycles. The van der Waals surface area contributed by atoms with Crippen LogP contribution in [0.15, 0.2) is 47.0 Å². The lowest BCUT2D eigenvalue weighted by molar-refractivity contribution is -0.132. The molecule has 1 aliphatic heterocycles. The Labute approximate surface area is 199 Å². The number of piperazine rings is 1. The number of nitrogens with zero attached hydrogens (tertiary/aromatic N) is 4. The lowest BCUT2D eigenvalue weighted by Gasteiger charge is -2.34. The van der Waals surface area contributed by atoms with Gasteiger partial charge >= 0.3 is 0 Å². The van der Waals surface area contributed by atoms with Crippen molar-refractivity contribution < 1.29 is 18.4 Å². The van der Waals surface area contributed by atoms with Crippen molar-refractivity contribution in [3.63, 3.8) is 0 Å². The van der Waals surface area contributed by atoms with Gasteiger partial charge in [-0.2, -0.15) is 4.98 Å². The first kappa shape index (κ1) is 23.9. The van der Waals surface area contributed by atoms with Crippen molar-refractivity contribution in [3.05, 3.63) is 65.3 Å². The number of aryl methyl sites for hydroxylation is 3. The number of methoxy groups -OCH3 is 1. The topological polar surface area (TPSA) is 71.7 Å². The molecule has 0 atom stereocenters. The molecule has 0 bridgehead atoms. The van der Waals surface area contributed by atoms with E-state index in [2.05, 4.69) is 15.0 Å². The summed E-state index contributed by atoms with van der Waals surface area (Å²) < 4.78 is 24.3. The molecule has 0 N–H and O–H groups in total. The van der Waals surface area contributed by atoms with Crippen molar-refractivity contribution in [1.82, 2.24) is 19.9 Å². The summed E-state index contributed by atoms with van der Waals surface area (Å²) in [4.78, 5) is 21.3. The predicted molar refractivity (Wildman–Crippen MR) is 127 cm³/mol. The normalized spacial score (nSPS) is 14.4. The summed E-state index contributed by atoms with van der Waals surface area (Å²) in [6.07, 6.45) is 2.82. The Morgan fingerprint density at radius 1 is 1.09 bits per heavy atom. The maximum atomic E-state index is 13.8. The second kappa shape index (κ2) is 11.2. The lowest BCUT2D eigenvalue weighted by Crippen LogP contribution is -2.48. The summed E-state index contributed by atoms with van der Waals surface area (Å²) in [5.41, 5.74) is 2.35. The van der Waals surface area contributed by atoms with Crippen molar-refractivity contribution in [2.75, 3.05) is 39.8 Å². The molecule has 1 saturated heterocycles. The third kappa shape index (κ3) is 6.20. The van der Waals surface area contributed by atoms with Crippen molar-refractivity contribution in [1.29, 1.82) is 0 Å². The Morgan fingerprint density at radius 2 is 1.85 bits per heavy atom. The van der Waals surface area contributed by atoms with E-state index in [0.29, 0.717) is 35.7 Å². The smallest absolute Gasteiger partial charge is 0.227 e. The second-order valence-electron chi connectivity index (χ2n) is 8.65. The van der Waals surface area contributed by atoms with Gasteiger partial charge in [-0.15, -0.1) is 0 Å². The summed E-state index contributed by atoms with van der Waals surface area (Å²) in [6, 6.07) is 12.8. The maximum Gasteiger partial charge on any atom is 0.227 e. The van der Waals surface area contributed by atoms with Gasteiger partial charge in [-0.25, -0.2) is 4.39 Å². The fourth-order valence-corrected chi connectivity index (χ4v) is 4.08. The molecule has 3 aromatic rings. The third-order valence-electron chi connectivity index (χ3n) is 6.27. The standard InChI is InChI=1S/C26H31FN4O3/c1-19-5-9-21(18-23(19)27)26-28-24(34-29-26)4-3-13-30-14-16-31(17-15-30)25(32)12-8-20-6-10-22(33-2)11-7-20/h5-7,9-11,18H,3-4,8,12-17H2,1-2H3. The molecule has 7 nitrogen and oxygen atoms in total. The van der Waals surface area contributed by atoms with E-state index in [1.807, 2.05) is 29.2 Å². The van der Waals surface area contributed by atoms with Gasteiger partial charge < -0.3 is 14.2 Å². The highest BCUT2D eigenvalue weighted by molar-refractivity contribution is 5.76. The molecular formula is C26H31FN4O3. The van der Waals surface area contributed by atoms with Gasteiger partial charge in [-0.1, -0.05) is 29.4 Å². The van der Waals surface area contributed by atoms with E-state index < -0.39 is 0 Å². The molecule has 4 rings (SSSR count). The van der Waals surface area contributed by atoms with E-state index >= 15 is 0 Å². The minimum atomic E-state index is -0.276. The zero-order chi connectivity index (χ0) is 23.9. The molecule has 8 heteroatoms. The molecule has 0 aliphatic carbocycles. The number of rotatable bonds is 9. The molecule has 0 saturated carbocycles. The highest BCUT2D eigenvalue weighted by Crippen LogP contribution is 2.19. The average Bonchev–Trinajstić information content (AvgIpc) is 3.34. The fraction of sp³-hybridized carbons (Fsp3) is 0.423. The van der Waals surface area contributed by atoms with Crippen LogP contribution in [0.3, 0.4) is 0 Å². The molecule has 1 amide bonds. The Morgan fingerprint density at radius 3 is 2.56 bits per heavy atom. The molecule has 1 aliphatic rings. The molecule has 34 heavy (non-hydrogen) atoms. The summed E-state index contributed by atoms with van der Waals surface area (Å²) in [5.74, 6) is 1.73. The number of aromatic nitrogens is 2. The first-order valence-corrected chi connectivity index (χ1v) is 11.7. The van der Waals surface area contributed by atoms with E-state index in [4.69, 9.17) is 9.26 Å². The molecule has 0 spiro atoms. The Kier molecular flexibility index (Phi) is 7.90. The van der Waals surface area contributed by atoms with Crippen LogP contribution in [0.4, 0.5) is 4.39 Å². The van der Waals surface area contributed by atoms with Crippen LogP contribution in [0.25, 0.3) is 11.4 Å². The van der Waals surface area contributed by atoms with Crippen LogP contribution in [0.2, 0.25) is 0 Å². The minimum absolute atomic E-state index is 0.210. The Bertz CT molecular complexity index is 1090. The number of hydrogen-bond donors (Lipinski definition) is 0. The molecule has 1 aromatic heterocycles. The molecule has 0 unspecified atom stereocenters. The third-order valence-corrected chi connectivity index (χ3v) is 6.27. The van der Waals surface area contributed by atoms with Crippen molar-refractivity contribution in [3.8, 4) is 17.1 Å². The van der Waals surface area contributed by atoms with E-state index in [-0.39, 0.29) is 11.7 Å². The van der Waals surface area contributed by atoms with Gasteiger partial charge in [-0.3, -0.25) is 9.69 Å². The van der Waals surface area contributed by atoms with Crippen LogP contribution in [-0.4, -0.2) is 65.7 Å². The van der Waals surface area contributed by atoms with Gasteiger partial charge in [0.2, 0.25) is 17.6 Å². The van der Waals surface area contributed by atoms with E-state index in [0.717, 1.165) is 56.9 Å². The van der Waals surface area contributed by atoms with Gasteiger partial charge in [0.1, 0.15) is 11.6 Å². The second-order valence-corrected chi connectivity index (χ2v) is 8.65. The van der Waals surface area contributed by atoms with Crippen molar-refractivity contribution >= 4 is 5.91 Å². The molecule has 1 fully saturated rings. The first-order valence-electron chi connectivity index (χ1n) is 11.7. The van der Waals surface area contributed by atoms with Gasteiger partial charge in [0.05, 0.1) is 7.11 Å². The first-order chi connectivity index (χ1) is 16.5. The number of halogens is 1. The minimum Gasteiger partial charge on any atom is -0.497 e. The van der Waals surface area contributed by atoms with Gasteiger partial charge in [0.15, 0.2) is 0 Å². The van der Waals surface area contributed by atoms with E-state index in [1.54, 1.807) is 26.2 Å². The number of amides is 1. The predicted octanol–water partition coefficient (Wildman–Crippen LogP) is 3.90. The zero-order valence-corrected chi connectivity index (χ0v) is 19.8. The lowest BCUT2D eigenvalue weighted by atomic mass is 10.1. The van der Waals surface area contributed by atoms with Crippen LogP contribution in [0.1, 0.15) is 29.9 Å². The Hall–Kier alpha value is -3.26. The Balaban J connectivity index is 1.16. The van der Waals surface area contributed by atoms with Gasteiger partial charge in [0, 0.05) is 44.6 Å². The molecule has 0 radical (unpaired) electrons. The monoisotopic (exact) mass is 466 g/mol. The quantitative estimate of drug-likeness (QED) is 0.476. The number of hydrogen-bond acceptors (Lipinski definition) is 6. The maximum absolute atomic E-state index is 13.8. The molecular weight excluding hydrogens is 435 g/mol. The largest absolute Gasteiger partial charge is 0.497 e. The van der Waals surface area contributed by atoms with Gasteiger partial charge in [-0.05, 0) is 55.6 Å². The van der Waals surface area contributed by atoms with Crippen molar-refractivity contribution in [2.24, 2.45) is 0 Å². The number of carbonyl (C=O) groups is 1. The van der Waals surface area contributed by atoms with E-state index in [9.17, 15) is 9.18 Å². The average molecular weight is 467 g/mol. The molecule has 180 valence electrons. The summed E-state index contributed by atoms with van der Waals surface area (Å²) in [7, 11) is 1.65. The number of benzene rings is 2.